The SMILES string of the molecule is Cc1ccc(C)c(-c2c3cc(C4CCCC4)ccc3nc[n+]2C)c1.Cc1ccc(C)c(-c2c3cc(CC(C)C)ccc3nc[n+]2C)c1.Cc1ccc(C)c(-c2c3ccc(C4CCCC4)cc3nc[n+]2C)c1.Cc1ccc(C)c(-c2c3ccc(CC(C)C)cc3nc[n+]2C)c1.Cc1ccc(C)c(-c2c3cccc(C4CCCC4)c3nc[n+]2C)c1. The molecule has 3 aliphatic rings. The monoisotopic (exact) mass is 1560 g/mol. The Bertz CT molecular complexity index is 6120. The van der Waals surface area contributed by atoms with Gasteiger partial charge in [-0.05, 0) is 310 Å². The molecule has 0 N–H and O–H groups in total. The van der Waals surface area contributed by atoms with Crippen LogP contribution in [0.25, 0.3) is 111 Å². The summed E-state index contributed by atoms with van der Waals surface area (Å²) in [7, 11) is 10.5. The van der Waals surface area contributed by atoms with E-state index in [-0.39, 0.29) is 0 Å². The van der Waals surface area contributed by atoms with Crippen LogP contribution in [0, 0.1) is 81.1 Å². The Labute approximate surface area is 702 Å². The second kappa shape index (κ2) is 36.8. The van der Waals surface area contributed by atoms with Crippen LogP contribution < -0.4 is 22.8 Å². The first-order chi connectivity index (χ1) is 56.8. The fourth-order valence-electron chi connectivity index (χ4n) is 18.8. The summed E-state index contributed by atoms with van der Waals surface area (Å²) in [6.45, 7) is 30.7. The molecule has 0 radical (unpaired) electrons. The summed E-state index contributed by atoms with van der Waals surface area (Å²) < 4.78 is 10.8. The van der Waals surface area contributed by atoms with E-state index in [0.29, 0.717) is 17.8 Å². The molecule has 3 fully saturated rings. The fraction of sp³-hybridized carbons (Fsp3) is 0.352. The van der Waals surface area contributed by atoms with Crippen LogP contribution in [0.15, 0.2) is 214 Å². The van der Waals surface area contributed by atoms with Crippen molar-refractivity contribution in [2.45, 2.75) is 205 Å². The number of para-hydroxylation sites is 1. The van der Waals surface area contributed by atoms with Crippen molar-refractivity contribution >= 4 is 54.5 Å². The van der Waals surface area contributed by atoms with Crippen LogP contribution in [0.5, 0.6) is 0 Å². The maximum absolute atomic E-state index is 4.83. The predicted molar refractivity (Wildman–Crippen MR) is 490 cm³/mol. The predicted octanol–water partition coefficient (Wildman–Crippen LogP) is 24.1. The first-order valence-electron chi connectivity index (χ1n) is 43.6. The lowest BCUT2D eigenvalue weighted by atomic mass is 9.92. The van der Waals surface area contributed by atoms with Crippen molar-refractivity contribution in [3.05, 3.63) is 297 Å². The number of rotatable bonds is 12. The normalized spacial score (nSPS) is 13.8. The third-order valence-electron chi connectivity index (χ3n) is 25.1. The Kier molecular flexibility index (Phi) is 26.0. The van der Waals surface area contributed by atoms with Crippen molar-refractivity contribution in [3.8, 4) is 56.3 Å². The van der Waals surface area contributed by atoms with E-state index in [2.05, 4.69) is 352 Å². The van der Waals surface area contributed by atoms with Crippen LogP contribution in [0.3, 0.4) is 0 Å². The van der Waals surface area contributed by atoms with Gasteiger partial charge in [-0.1, -0.05) is 191 Å². The van der Waals surface area contributed by atoms with Gasteiger partial charge < -0.3 is 0 Å². The molecule has 10 nitrogen and oxygen atoms in total. The Hall–Kier alpha value is -11.1. The van der Waals surface area contributed by atoms with E-state index in [9.17, 15) is 0 Å². The van der Waals surface area contributed by atoms with Gasteiger partial charge in [-0.3, -0.25) is 0 Å². The average molecular weight is 1560 g/mol. The van der Waals surface area contributed by atoms with Gasteiger partial charge >= 0.3 is 0 Å². The van der Waals surface area contributed by atoms with Crippen LogP contribution >= 0.6 is 0 Å². The van der Waals surface area contributed by atoms with E-state index in [1.54, 1.807) is 0 Å². The summed E-state index contributed by atoms with van der Waals surface area (Å²) in [4.78, 5) is 23.4. The molecule has 0 aliphatic heterocycles. The molecule has 0 spiro atoms. The molecule has 5 heterocycles. The minimum atomic E-state index is 0.655. The Morgan fingerprint density at radius 3 is 1.01 bits per heavy atom. The maximum Gasteiger partial charge on any atom is 0.287 e. The lowest BCUT2D eigenvalue weighted by Crippen LogP contribution is -2.32. The first-order valence-corrected chi connectivity index (χ1v) is 43.6. The lowest BCUT2D eigenvalue weighted by molar-refractivity contribution is -0.662. The van der Waals surface area contributed by atoms with E-state index in [1.807, 2.05) is 31.6 Å². The molecule has 602 valence electrons. The van der Waals surface area contributed by atoms with Crippen molar-refractivity contribution in [1.82, 2.24) is 24.9 Å². The molecule has 3 saturated carbocycles. The number of hydrogen-bond donors (Lipinski definition) is 0. The second-order valence-corrected chi connectivity index (χ2v) is 35.8. The number of nitrogens with zero attached hydrogens (tertiary/aromatic N) is 10. The minimum absolute atomic E-state index is 0.655. The topological polar surface area (TPSA) is 83.8 Å². The minimum Gasteiger partial charge on any atom is -0.232 e. The molecule has 18 rings (SSSR count). The summed E-state index contributed by atoms with van der Waals surface area (Å²) in [5.41, 5.74) is 38.5. The smallest absolute Gasteiger partial charge is 0.232 e. The van der Waals surface area contributed by atoms with Crippen molar-refractivity contribution in [1.29, 1.82) is 0 Å². The molecule has 5 aromatic heterocycles. The summed E-state index contributed by atoms with van der Waals surface area (Å²) in [5.74, 6) is 3.45. The first kappa shape index (κ1) is 83.4. The highest BCUT2D eigenvalue weighted by atomic mass is 15.0. The maximum atomic E-state index is 4.83. The molecule has 0 bridgehead atoms. The molecular weight excluding hydrogens is 1440 g/mol. The Morgan fingerprint density at radius 1 is 0.280 bits per heavy atom. The highest BCUT2D eigenvalue weighted by Crippen LogP contribution is 2.42. The number of fused-ring (bicyclic) bond motifs is 5. The van der Waals surface area contributed by atoms with Crippen LogP contribution in [0.4, 0.5) is 0 Å². The summed E-state index contributed by atoms with van der Waals surface area (Å²) >= 11 is 0. The Morgan fingerprint density at radius 2 is 0.593 bits per heavy atom. The lowest BCUT2D eigenvalue weighted by Gasteiger charge is -2.13. The van der Waals surface area contributed by atoms with Crippen LogP contribution in [-0.4, -0.2) is 24.9 Å². The van der Waals surface area contributed by atoms with E-state index in [4.69, 9.17) is 9.97 Å². The van der Waals surface area contributed by atoms with Crippen LogP contribution in [0.2, 0.25) is 0 Å². The number of aromatic nitrogens is 10. The van der Waals surface area contributed by atoms with Gasteiger partial charge in [0.1, 0.15) is 28.5 Å². The largest absolute Gasteiger partial charge is 0.287 e. The molecule has 0 saturated heterocycles. The highest BCUT2D eigenvalue weighted by molar-refractivity contribution is 5.96. The third-order valence-corrected chi connectivity index (χ3v) is 25.1. The van der Waals surface area contributed by atoms with E-state index in [0.717, 1.165) is 46.7 Å². The number of aryl methyl sites for hydroxylation is 15. The molecule has 10 heteroatoms. The molecule has 3 aliphatic carbocycles. The van der Waals surface area contributed by atoms with Crippen molar-refractivity contribution in [3.63, 3.8) is 0 Å². The quantitative estimate of drug-likeness (QED) is 0.114. The summed E-state index contributed by atoms with van der Waals surface area (Å²) in [6, 6.07) is 67.4. The van der Waals surface area contributed by atoms with Crippen molar-refractivity contribution in [2.75, 3.05) is 0 Å². The van der Waals surface area contributed by atoms with Gasteiger partial charge in [-0.25, -0.2) is 22.8 Å². The zero-order valence-electron chi connectivity index (χ0n) is 74.0. The molecule has 15 aromatic rings. The van der Waals surface area contributed by atoms with Gasteiger partial charge in [0, 0.05) is 33.4 Å². The number of hydrogen-bond acceptors (Lipinski definition) is 5. The highest BCUT2D eigenvalue weighted by Gasteiger charge is 2.28. The van der Waals surface area contributed by atoms with Crippen LogP contribution in [-0.2, 0) is 48.1 Å². The van der Waals surface area contributed by atoms with Gasteiger partial charge in [-0.15, -0.1) is 0 Å². The van der Waals surface area contributed by atoms with Crippen molar-refractivity contribution in [2.24, 2.45) is 47.1 Å². The zero-order chi connectivity index (χ0) is 83.2. The number of benzene rings is 10. The van der Waals surface area contributed by atoms with Gasteiger partial charge in [0.25, 0.3) is 31.6 Å². The summed E-state index contributed by atoms with van der Waals surface area (Å²) in [6.07, 6.45) is 28.0. The third kappa shape index (κ3) is 18.7. The molecule has 118 heavy (non-hydrogen) atoms. The average Bonchev–Trinajstić information content (AvgIpc) is 1.92. The van der Waals surface area contributed by atoms with E-state index in [1.165, 1.54) is 249 Å². The molecular formula is C108H125N10+5. The van der Waals surface area contributed by atoms with Gasteiger partial charge in [-0.2, -0.15) is 0 Å². The molecule has 0 amide bonds. The van der Waals surface area contributed by atoms with Crippen molar-refractivity contribution < 1.29 is 22.8 Å². The summed E-state index contributed by atoms with van der Waals surface area (Å²) in [5, 5.41) is 6.25. The molecule has 10 aromatic carbocycles. The fourth-order valence-corrected chi connectivity index (χ4v) is 18.8. The standard InChI is InChI=1S/3C22H25N2.2C21H25N2/c1-15-11-12-16(2)20(13-15)22-19-10-6-9-18(17-7-4-5-8-17)21(19)23-14-24(22)3;1-15-8-9-16(2)19(12-15)22-20-13-18(17-6-4-5-7-17)10-11-21(20)23-14-24(22)3;1-15-8-9-16(2)20(12-15)22-19-11-10-18(17-6-4-5-7-17)13-21(19)23-14-24(22)3;1-14(2)10-17-8-9-20-19(12-17)21(23(5)13-22-20)18-11-15(3)6-7-16(18)4;1-14(2)10-17-8-9-18-20(12-17)22-13-23(5)21(18)19-11-15(3)6-7-16(19)4/h6,9-14,17H,4-5,7-8H2,1-3H3;2*8-14,17H,4-7H2,1-3H3;2*6-9,11-14H,10H2,1-5H3/q5*+1. The van der Waals surface area contributed by atoms with E-state index >= 15 is 0 Å². The second-order valence-electron chi connectivity index (χ2n) is 35.8. The zero-order valence-corrected chi connectivity index (χ0v) is 74.0. The molecule has 0 unspecified atom stereocenters. The van der Waals surface area contributed by atoms with Gasteiger partial charge in [0.2, 0.25) is 0 Å². The van der Waals surface area contributed by atoms with Gasteiger partial charge in [0.05, 0.1) is 62.2 Å². The molecule has 0 atom stereocenters. The Balaban J connectivity index is 0.000000121. The van der Waals surface area contributed by atoms with Gasteiger partial charge in [0.15, 0.2) is 27.6 Å². The van der Waals surface area contributed by atoms with E-state index < -0.39 is 0 Å². The van der Waals surface area contributed by atoms with Crippen LogP contribution in [0.1, 0.15) is 206 Å².